The molecule has 0 saturated carbocycles. The zero-order valence-electron chi connectivity index (χ0n) is 13.3. The van der Waals surface area contributed by atoms with Gasteiger partial charge in [0.15, 0.2) is 0 Å². The second kappa shape index (κ2) is 6.01. The van der Waals surface area contributed by atoms with Gasteiger partial charge < -0.3 is 9.47 Å². The molecule has 0 fully saturated rings. The van der Waals surface area contributed by atoms with Crippen molar-refractivity contribution in [2.24, 2.45) is 0 Å². The Kier molecular flexibility index (Phi) is 4.47. The molecule has 0 aliphatic heterocycles. The van der Waals surface area contributed by atoms with E-state index in [1.165, 1.54) is 4.68 Å². The maximum atomic E-state index is 12.1. The Morgan fingerprint density at radius 2 is 1.95 bits per heavy atom. The summed E-state index contributed by atoms with van der Waals surface area (Å²) >= 11 is 6.24. The molecule has 118 valence electrons. The van der Waals surface area contributed by atoms with Gasteiger partial charge in [-0.25, -0.2) is 4.79 Å². The van der Waals surface area contributed by atoms with E-state index < -0.39 is 11.7 Å². The molecule has 0 spiro atoms. The zero-order valence-corrected chi connectivity index (χ0v) is 14.1. The minimum atomic E-state index is -0.576. The standard InChI is InChI=1S/C16H19ClN2O3/c1-10-8-14(12-7-6-11(21-5)9-13(12)17)18-19(10)15(20)22-16(2,3)4/h6-9H,1-5H3. The Balaban J connectivity index is 2.36. The van der Waals surface area contributed by atoms with Gasteiger partial charge in [0.2, 0.25) is 0 Å². The van der Waals surface area contributed by atoms with E-state index in [0.29, 0.717) is 22.2 Å². The molecular weight excluding hydrogens is 304 g/mol. The third kappa shape index (κ3) is 3.60. The van der Waals surface area contributed by atoms with E-state index in [9.17, 15) is 4.79 Å². The first kappa shape index (κ1) is 16.4. The number of hydrogen-bond acceptors (Lipinski definition) is 4. The molecule has 0 aliphatic rings. The maximum Gasteiger partial charge on any atom is 0.435 e. The van der Waals surface area contributed by atoms with Gasteiger partial charge >= 0.3 is 6.09 Å². The number of hydrogen-bond donors (Lipinski definition) is 0. The average molecular weight is 323 g/mol. The molecule has 0 radical (unpaired) electrons. The SMILES string of the molecule is COc1ccc(-c2cc(C)n(C(=O)OC(C)(C)C)n2)c(Cl)c1. The number of carbonyl (C=O) groups excluding carboxylic acids is 1. The predicted molar refractivity (Wildman–Crippen MR) is 85.6 cm³/mol. The van der Waals surface area contributed by atoms with E-state index in [1.807, 2.05) is 26.8 Å². The van der Waals surface area contributed by atoms with Crippen LogP contribution >= 0.6 is 11.6 Å². The van der Waals surface area contributed by atoms with Crippen molar-refractivity contribution in [3.05, 3.63) is 35.0 Å². The molecule has 0 amide bonds. The van der Waals surface area contributed by atoms with Crippen LogP contribution in [0.5, 0.6) is 5.75 Å². The Morgan fingerprint density at radius 3 is 2.50 bits per heavy atom. The minimum absolute atomic E-state index is 0.508. The zero-order chi connectivity index (χ0) is 16.5. The molecule has 0 saturated heterocycles. The number of methoxy groups -OCH3 is 1. The second-order valence-corrected chi connectivity index (χ2v) is 6.32. The van der Waals surface area contributed by atoms with Gasteiger partial charge in [-0.15, -0.1) is 0 Å². The smallest absolute Gasteiger partial charge is 0.435 e. The van der Waals surface area contributed by atoms with Crippen LogP contribution in [0.25, 0.3) is 11.3 Å². The van der Waals surface area contributed by atoms with Crippen molar-refractivity contribution >= 4 is 17.7 Å². The van der Waals surface area contributed by atoms with Gasteiger partial charge in [0.25, 0.3) is 0 Å². The lowest BCUT2D eigenvalue weighted by Crippen LogP contribution is -2.28. The van der Waals surface area contributed by atoms with Crippen LogP contribution in [-0.2, 0) is 4.74 Å². The van der Waals surface area contributed by atoms with Crippen LogP contribution in [0.4, 0.5) is 4.79 Å². The summed E-state index contributed by atoms with van der Waals surface area (Å²) in [5, 5.41) is 4.80. The molecule has 0 unspecified atom stereocenters. The summed E-state index contributed by atoms with van der Waals surface area (Å²) in [6, 6.07) is 7.10. The second-order valence-electron chi connectivity index (χ2n) is 5.91. The summed E-state index contributed by atoms with van der Waals surface area (Å²) in [5.41, 5.74) is 1.44. The van der Waals surface area contributed by atoms with Crippen LogP contribution < -0.4 is 4.74 Å². The number of halogens is 1. The summed E-state index contributed by atoms with van der Waals surface area (Å²) in [4.78, 5) is 12.1. The van der Waals surface area contributed by atoms with Crippen LogP contribution in [-0.4, -0.2) is 28.6 Å². The third-order valence-electron chi connectivity index (χ3n) is 2.91. The molecule has 0 aliphatic carbocycles. The number of nitrogens with zero attached hydrogens (tertiary/aromatic N) is 2. The number of rotatable bonds is 2. The molecule has 0 N–H and O–H groups in total. The lowest BCUT2D eigenvalue weighted by Gasteiger charge is -2.19. The van der Waals surface area contributed by atoms with E-state index in [4.69, 9.17) is 21.1 Å². The molecule has 1 aromatic heterocycles. The number of carbonyl (C=O) groups is 1. The van der Waals surface area contributed by atoms with Crippen molar-refractivity contribution in [1.29, 1.82) is 0 Å². The van der Waals surface area contributed by atoms with Crippen LogP contribution in [0.2, 0.25) is 5.02 Å². The molecule has 2 rings (SSSR count). The van der Waals surface area contributed by atoms with Crippen LogP contribution in [0.3, 0.4) is 0 Å². The van der Waals surface area contributed by atoms with Gasteiger partial charge in [0, 0.05) is 11.3 Å². The van der Waals surface area contributed by atoms with Gasteiger partial charge in [-0.3, -0.25) is 0 Å². The molecule has 6 heteroatoms. The number of benzene rings is 1. The first-order valence-corrected chi connectivity index (χ1v) is 7.23. The number of aryl methyl sites for hydroxylation is 1. The van der Waals surface area contributed by atoms with Crippen LogP contribution in [0, 0.1) is 6.92 Å². The Hall–Kier alpha value is -2.01. The Bertz CT molecular complexity index is 702. The van der Waals surface area contributed by atoms with E-state index in [-0.39, 0.29) is 0 Å². The lowest BCUT2D eigenvalue weighted by atomic mass is 10.1. The van der Waals surface area contributed by atoms with E-state index in [0.717, 1.165) is 5.56 Å². The van der Waals surface area contributed by atoms with Gasteiger partial charge in [0.05, 0.1) is 17.8 Å². The molecule has 0 bridgehead atoms. The van der Waals surface area contributed by atoms with Gasteiger partial charge in [0.1, 0.15) is 11.4 Å². The topological polar surface area (TPSA) is 53.4 Å². The van der Waals surface area contributed by atoms with Gasteiger partial charge in [-0.05, 0) is 52.0 Å². The first-order valence-electron chi connectivity index (χ1n) is 6.85. The quantitative estimate of drug-likeness (QED) is 0.827. The minimum Gasteiger partial charge on any atom is -0.497 e. The fourth-order valence-electron chi connectivity index (χ4n) is 1.93. The lowest BCUT2D eigenvalue weighted by molar-refractivity contribution is 0.0511. The highest BCUT2D eigenvalue weighted by Crippen LogP contribution is 2.30. The van der Waals surface area contributed by atoms with Crippen LogP contribution in [0.1, 0.15) is 26.5 Å². The summed E-state index contributed by atoms with van der Waals surface area (Å²) in [6.07, 6.45) is -0.513. The predicted octanol–water partition coefficient (Wildman–Crippen LogP) is 4.30. The van der Waals surface area contributed by atoms with Crippen molar-refractivity contribution in [3.63, 3.8) is 0 Å². The molecule has 2 aromatic rings. The van der Waals surface area contributed by atoms with Crippen molar-refractivity contribution in [1.82, 2.24) is 9.78 Å². The summed E-state index contributed by atoms with van der Waals surface area (Å²) in [5.74, 6) is 0.664. The Labute approximate surface area is 134 Å². The van der Waals surface area contributed by atoms with E-state index in [2.05, 4.69) is 5.10 Å². The molecule has 1 heterocycles. The van der Waals surface area contributed by atoms with E-state index in [1.54, 1.807) is 32.2 Å². The van der Waals surface area contributed by atoms with Gasteiger partial charge in [-0.2, -0.15) is 9.78 Å². The van der Waals surface area contributed by atoms with Gasteiger partial charge in [-0.1, -0.05) is 11.6 Å². The fourth-order valence-corrected chi connectivity index (χ4v) is 2.19. The molecule has 22 heavy (non-hydrogen) atoms. The highest BCUT2D eigenvalue weighted by molar-refractivity contribution is 6.33. The van der Waals surface area contributed by atoms with Crippen LogP contribution in [0.15, 0.2) is 24.3 Å². The average Bonchev–Trinajstić information content (AvgIpc) is 2.78. The summed E-state index contributed by atoms with van der Waals surface area (Å²) < 4.78 is 11.7. The van der Waals surface area contributed by atoms with Crippen molar-refractivity contribution in [2.75, 3.05) is 7.11 Å². The third-order valence-corrected chi connectivity index (χ3v) is 3.22. The Morgan fingerprint density at radius 1 is 1.27 bits per heavy atom. The first-order chi connectivity index (χ1) is 10.2. The molecular formula is C16H19ClN2O3. The highest BCUT2D eigenvalue weighted by Gasteiger charge is 2.21. The number of ether oxygens (including phenoxy) is 2. The largest absolute Gasteiger partial charge is 0.497 e. The van der Waals surface area contributed by atoms with Crippen molar-refractivity contribution in [3.8, 4) is 17.0 Å². The fraction of sp³-hybridized carbons (Fsp3) is 0.375. The van der Waals surface area contributed by atoms with Crippen molar-refractivity contribution in [2.45, 2.75) is 33.3 Å². The summed E-state index contributed by atoms with van der Waals surface area (Å²) in [6.45, 7) is 7.22. The monoisotopic (exact) mass is 322 g/mol. The number of aromatic nitrogens is 2. The normalized spacial score (nSPS) is 11.4. The molecule has 1 aromatic carbocycles. The molecule has 0 atom stereocenters. The van der Waals surface area contributed by atoms with E-state index >= 15 is 0 Å². The maximum absolute atomic E-state index is 12.1. The molecule has 5 nitrogen and oxygen atoms in total. The summed E-state index contributed by atoms with van der Waals surface area (Å²) in [7, 11) is 1.58. The highest BCUT2D eigenvalue weighted by atomic mass is 35.5. The van der Waals surface area contributed by atoms with Crippen molar-refractivity contribution < 1.29 is 14.3 Å².